The molecule has 0 saturated heterocycles. The molecule has 2 aromatic heterocycles. The van der Waals surface area contributed by atoms with Crippen LogP contribution in [-0.4, -0.2) is 19.7 Å². The largest absolute Gasteiger partial charge is 0.506 e. The fourth-order valence-electron chi connectivity index (χ4n) is 1.15. The number of hydrogen-bond donors (Lipinski definition) is 2. The van der Waals surface area contributed by atoms with Crippen molar-refractivity contribution in [1.82, 2.24) is 14.6 Å². The Morgan fingerprint density at radius 2 is 2.50 bits per heavy atom. The Hall–Kier alpha value is -1.78. The van der Waals surface area contributed by atoms with Gasteiger partial charge in [0.1, 0.15) is 17.6 Å². The SMILES string of the molecule is Cc1c(O)cn2n[14cH][nH]c(=O)c12. The van der Waals surface area contributed by atoms with Gasteiger partial charge in [-0.05, 0) is 6.92 Å². The summed E-state index contributed by atoms with van der Waals surface area (Å²) in [6.07, 6.45) is 2.69. The van der Waals surface area contributed by atoms with Gasteiger partial charge in [0, 0.05) is 5.56 Å². The van der Waals surface area contributed by atoms with Crippen LogP contribution in [0.5, 0.6) is 5.75 Å². The molecule has 0 unspecified atom stereocenters. The van der Waals surface area contributed by atoms with E-state index in [0.717, 1.165) is 0 Å². The summed E-state index contributed by atoms with van der Waals surface area (Å²) in [6, 6.07) is 0. The summed E-state index contributed by atoms with van der Waals surface area (Å²) in [5.41, 5.74) is 0.683. The van der Waals surface area contributed by atoms with Crippen LogP contribution in [0.25, 0.3) is 5.52 Å². The van der Waals surface area contributed by atoms with Crippen LogP contribution < -0.4 is 5.56 Å². The second-order valence-electron chi connectivity index (χ2n) is 2.55. The van der Waals surface area contributed by atoms with E-state index in [0.29, 0.717) is 11.1 Å². The molecular formula is C7H7N3O2. The summed E-state index contributed by atoms with van der Waals surface area (Å²) in [4.78, 5) is 13.6. The highest BCUT2D eigenvalue weighted by atomic mass is 16.3. The Morgan fingerprint density at radius 1 is 1.75 bits per heavy atom. The van der Waals surface area contributed by atoms with Crippen molar-refractivity contribution in [3.63, 3.8) is 0 Å². The Labute approximate surface area is 67.3 Å². The monoisotopic (exact) mass is 167 g/mol. The van der Waals surface area contributed by atoms with E-state index in [1.807, 2.05) is 0 Å². The van der Waals surface area contributed by atoms with Crippen LogP contribution in [0.3, 0.4) is 0 Å². The minimum atomic E-state index is -0.247. The lowest BCUT2D eigenvalue weighted by molar-refractivity contribution is 0.471. The predicted molar refractivity (Wildman–Crippen MR) is 42.2 cm³/mol. The molecule has 2 aromatic rings. The van der Waals surface area contributed by atoms with Crippen molar-refractivity contribution in [2.45, 2.75) is 6.92 Å². The molecule has 5 nitrogen and oxygen atoms in total. The van der Waals surface area contributed by atoms with Gasteiger partial charge in [-0.3, -0.25) is 4.79 Å². The van der Waals surface area contributed by atoms with Gasteiger partial charge in [-0.2, -0.15) is 5.10 Å². The summed E-state index contributed by atoms with van der Waals surface area (Å²) in [7, 11) is 0. The Bertz CT molecular complexity index is 483. The lowest BCUT2D eigenvalue weighted by atomic mass is 10.3. The third kappa shape index (κ3) is 0.730. The molecule has 2 N–H and O–H groups in total. The number of aromatic nitrogens is 3. The number of nitrogens with zero attached hydrogens (tertiary/aromatic N) is 2. The first kappa shape index (κ1) is 6.90. The molecule has 2 rings (SSSR count). The number of nitrogens with one attached hydrogen (secondary N) is 1. The summed E-state index contributed by atoms with van der Waals surface area (Å²) >= 11 is 0. The molecule has 2 heterocycles. The Kier molecular flexibility index (Phi) is 1.21. The van der Waals surface area contributed by atoms with Crippen molar-refractivity contribution in [2.24, 2.45) is 0 Å². The van der Waals surface area contributed by atoms with E-state index in [9.17, 15) is 9.90 Å². The van der Waals surface area contributed by atoms with Gasteiger partial charge in [0.2, 0.25) is 0 Å². The van der Waals surface area contributed by atoms with Gasteiger partial charge < -0.3 is 10.1 Å². The minimum absolute atomic E-state index is 0.0826. The van der Waals surface area contributed by atoms with Crippen LogP contribution >= 0.6 is 0 Å². The van der Waals surface area contributed by atoms with E-state index in [2.05, 4.69) is 10.1 Å². The Balaban J connectivity index is 3.07. The molecule has 0 atom stereocenters. The number of aryl methyl sites for hydroxylation is 1. The van der Waals surface area contributed by atoms with Crippen LogP contribution in [-0.2, 0) is 0 Å². The molecule has 0 fully saturated rings. The van der Waals surface area contributed by atoms with E-state index in [-0.39, 0.29) is 11.3 Å². The molecule has 5 heteroatoms. The second kappa shape index (κ2) is 2.10. The van der Waals surface area contributed by atoms with Gasteiger partial charge in [0.25, 0.3) is 5.56 Å². The number of hydrogen-bond acceptors (Lipinski definition) is 3. The predicted octanol–water partition coefficient (Wildman–Crippen LogP) is 0.0366. The molecule has 0 aliphatic heterocycles. The van der Waals surface area contributed by atoms with Gasteiger partial charge in [-0.25, -0.2) is 4.52 Å². The van der Waals surface area contributed by atoms with Crippen molar-refractivity contribution in [2.75, 3.05) is 0 Å². The van der Waals surface area contributed by atoms with E-state index < -0.39 is 0 Å². The molecule has 0 radical (unpaired) electrons. The molecule has 62 valence electrons. The molecular weight excluding hydrogens is 160 g/mol. The van der Waals surface area contributed by atoms with E-state index in [4.69, 9.17) is 0 Å². The molecule has 0 aliphatic rings. The van der Waals surface area contributed by atoms with Crippen molar-refractivity contribution in [3.8, 4) is 5.75 Å². The van der Waals surface area contributed by atoms with Crippen LogP contribution in [0.15, 0.2) is 17.3 Å². The van der Waals surface area contributed by atoms with E-state index in [1.165, 1.54) is 17.0 Å². The molecule has 0 aliphatic carbocycles. The van der Waals surface area contributed by atoms with Crippen LogP contribution in [0.4, 0.5) is 0 Å². The molecule has 0 amide bonds. The normalized spacial score (nSPS) is 10.8. The topological polar surface area (TPSA) is 70.4 Å². The summed E-state index contributed by atoms with van der Waals surface area (Å²) < 4.78 is 1.35. The quantitative estimate of drug-likeness (QED) is 0.581. The van der Waals surface area contributed by atoms with E-state index >= 15 is 0 Å². The fraction of sp³-hybridized carbons (Fsp3) is 0.143. The number of fused-ring (bicyclic) bond motifs is 1. The average molecular weight is 167 g/mol. The van der Waals surface area contributed by atoms with Crippen molar-refractivity contribution in [1.29, 1.82) is 0 Å². The van der Waals surface area contributed by atoms with Gasteiger partial charge in [-0.1, -0.05) is 0 Å². The highest BCUT2D eigenvalue weighted by Crippen LogP contribution is 2.18. The molecule has 12 heavy (non-hydrogen) atoms. The smallest absolute Gasteiger partial charge is 0.275 e. The third-order valence-corrected chi connectivity index (χ3v) is 1.81. The van der Waals surface area contributed by atoms with Crippen molar-refractivity contribution in [3.05, 3.63) is 28.4 Å². The van der Waals surface area contributed by atoms with Crippen LogP contribution in [0, 0.1) is 6.92 Å². The maximum absolute atomic E-state index is 11.2. The highest BCUT2D eigenvalue weighted by molar-refractivity contribution is 5.58. The lowest BCUT2D eigenvalue weighted by Crippen LogP contribution is -2.10. The zero-order valence-electron chi connectivity index (χ0n) is 6.40. The zero-order valence-corrected chi connectivity index (χ0v) is 6.40. The standard InChI is InChI=1S/C7H7N3O2/c1-4-5(11)2-10-6(4)7(12)8-3-9-10/h2-3,11H,1H3,(H,8,9,12)/i3+2. The van der Waals surface area contributed by atoms with Gasteiger partial charge >= 0.3 is 0 Å². The van der Waals surface area contributed by atoms with Crippen LogP contribution in [0.2, 0.25) is 0 Å². The average Bonchev–Trinajstić information content (AvgIpc) is 2.29. The van der Waals surface area contributed by atoms with Gasteiger partial charge in [-0.15, -0.1) is 0 Å². The first-order valence-corrected chi connectivity index (χ1v) is 3.45. The summed E-state index contributed by atoms with van der Waals surface area (Å²) in [5, 5.41) is 13.1. The molecule has 0 saturated carbocycles. The zero-order chi connectivity index (χ0) is 8.72. The van der Waals surface area contributed by atoms with Gasteiger partial charge in [0.15, 0.2) is 0 Å². The van der Waals surface area contributed by atoms with Gasteiger partial charge in [0.05, 0.1) is 6.20 Å². The molecule has 0 spiro atoms. The first-order valence-electron chi connectivity index (χ1n) is 3.45. The second-order valence-corrected chi connectivity index (χ2v) is 2.55. The van der Waals surface area contributed by atoms with Crippen LogP contribution in [0.1, 0.15) is 5.56 Å². The van der Waals surface area contributed by atoms with E-state index in [1.54, 1.807) is 6.92 Å². The summed E-state index contributed by atoms with van der Waals surface area (Å²) in [6.45, 7) is 1.67. The Morgan fingerprint density at radius 3 is 3.17 bits per heavy atom. The maximum Gasteiger partial charge on any atom is 0.275 e. The maximum atomic E-state index is 11.2. The number of rotatable bonds is 0. The van der Waals surface area contributed by atoms with Crippen molar-refractivity contribution >= 4 is 5.52 Å². The summed E-state index contributed by atoms with van der Waals surface area (Å²) in [5.74, 6) is 0.0826. The highest BCUT2D eigenvalue weighted by Gasteiger charge is 2.08. The molecule has 0 aromatic carbocycles. The number of aromatic hydroxyl groups is 1. The number of aromatic amines is 1. The lowest BCUT2D eigenvalue weighted by Gasteiger charge is -1.89. The molecule has 0 bridgehead atoms. The first-order chi connectivity index (χ1) is 5.70. The fourth-order valence-corrected chi connectivity index (χ4v) is 1.15. The number of H-pyrrole nitrogens is 1. The van der Waals surface area contributed by atoms with Crippen molar-refractivity contribution < 1.29 is 5.11 Å². The minimum Gasteiger partial charge on any atom is -0.506 e. The third-order valence-electron chi connectivity index (χ3n) is 1.81.